The van der Waals surface area contributed by atoms with Crippen LogP contribution in [0.5, 0.6) is 11.5 Å². The lowest BCUT2D eigenvalue weighted by molar-refractivity contribution is 0.101. The Kier molecular flexibility index (Phi) is 7.18. The Morgan fingerprint density at radius 2 is 1.77 bits per heavy atom. The van der Waals surface area contributed by atoms with E-state index in [0.29, 0.717) is 34.0 Å². The van der Waals surface area contributed by atoms with Crippen molar-refractivity contribution >= 4 is 45.6 Å². The van der Waals surface area contributed by atoms with Gasteiger partial charge in [0.05, 0.1) is 26.0 Å². The fourth-order valence-electron chi connectivity index (χ4n) is 3.17. The Morgan fingerprint density at radius 3 is 2.54 bits per heavy atom. The molecule has 0 spiro atoms. The van der Waals surface area contributed by atoms with Crippen LogP contribution in [0.2, 0.25) is 5.15 Å². The SMILES string of the molecule is COc1cccc(NC(=O)c2nnc(NC(=O)c3cnc(C)cc3-c3cc(Cl)ncc3OC)s2)c1. The minimum absolute atomic E-state index is 0.0768. The molecule has 0 fully saturated rings. The molecule has 0 saturated heterocycles. The van der Waals surface area contributed by atoms with Crippen LogP contribution in [-0.2, 0) is 0 Å². The summed E-state index contributed by atoms with van der Waals surface area (Å²) in [6.45, 7) is 1.80. The molecule has 0 unspecified atom stereocenters. The number of hydrogen-bond donors (Lipinski definition) is 2. The maximum absolute atomic E-state index is 13.1. The second-order valence-corrected chi connectivity index (χ2v) is 8.50. The first kappa shape index (κ1) is 24.0. The maximum atomic E-state index is 13.1. The summed E-state index contributed by atoms with van der Waals surface area (Å²) in [5, 5.41) is 13.7. The van der Waals surface area contributed by atoms with Gasteiger partial charge in [0.25, 0.3) is 11.8 Å². The topological polar surface area (TPSA) is 128 Å². The highest BCUT2D eigenvalue weighted by Gasteiger charge is 2.20. The maximum Gasteiger partial charge on any atom is 0.286 e. The van der Waals surface area contributed by atoms with Gasteiger partial charge in [-0.3, -0.25) is 19.9 Å². The standard InChI is InChI=1S/C23H19ClN6O4S/c1-12-7-15(16-9-19(24)26-11-18(16)34-3)17(10-25-12)20(31)28-23-30-29-22(35-23)21(32)27-13-5-4-6-14(8-13)33-2/h4-11H,1-3H3,(H,27,32)(H,28,30,31). The first-order valence-corrected chi connectivity index (χ1v) is 11.3. The minimum Gasteiger partial charge on any atom is -0.497 e. The third kappa shape index (κ3) is 5.53. The number of methoxy groups -OCH3 is 2. The zero-order chi connectivity index (χ0) is 24.9. The van der Waals surface area contributed by atoms with Crippen molar-refractivity contribution in [1.82, 2.24) is 20.2 Å². The van der Waals surface area contributed by atoms with E-state index in [4.69, 9.17) is 21.1 Å². The number of benzene rings is 1. The summed E-state index contributed by atoms with van der Waals surface area (Å²) < 4.78 is 10.5. The van der Waals surface area contributed by atoms with Gasteiger partial charge in [-0.25, -0.2) is 4.98 Å². The van der Waals surface area contributed by atoms with E-state index in [1.807, 2.05) is 0 Å². The van der Waals surface area contributed by atoms with Gasteiger partial charge in [0.2, 0.25) is 10.1 Å². The van der Waals surface area contributed by atoms with Crippen molar-refractivity contribution in [3.05, 3.63) is 70.2 Å². The number of carbonyl (C=O) groups excluding carboxylic acids is 2. The van der Waals surface area contributed by atoms with Gasteiger partial charge in [-0.2, -0.15) is 0 Å². The van der Waals surface area contributed by atoms with Gasteiger partial charge in [-0.15, -0.1) is 10.2 Å². The average Bonchev–Trinajstić information content (AvgIpc) is 3.32. The summed E-state index contributed by atoms with van der Waals surface area (Å²) in [4.78, 5) is 34.0. The first-order valence-electron chi connectivity index (χ1n) is 10.1. The Balaban J connectivity index is 1.56. The van der Waals surface area contributed by atoms with Crippen LogP contribution in [-0.4, -0.2) is 46.2 Å². The number of amides is 2. The number of aryl methyl sites for hydroxylation is 1. The molecule has 3 aromatic heterocycles. The van der Waals surface area contributed by atoms with Crippen molar-refractivity contribution in [2.24, 2.45) is 0 Å². The van der Waals surface area contributed by atoms with Gasteiger partial charge in [0, 0.05) is 34.8 Å². The number of halogens is 1. The number of ether oxygens (including phenoxy) is 2. The van der Waals surface area contributed by atoms with Crippen LogP contribution < -0.4 is 20.1 Å². The molecular weight excluding hydrogens is 492 g/mol. The van der Waals surface area contributed by atoms with Gasteiger partial charge >= 0.3 is 0 Å². The predicted octanol–water partition coefficient (Wildman–Crippen LogP) is 4.48. The molecule has 2 N–H and O–H groups in total. The van der Waals surface area contributed by atoms with E-state index >= 15 is 0 Å². The first-order chi connectivity index (χ1) is 16.9. The molecule has 4 aromatic rings. The van der Waals surface area contributed by atoms with Crippen molar-refractivity contribution in [1.29, 1.82) is 0 Å². The molecule has 2 amide bonds. The van der Waals surface area contributed by atoms with Gasteiger partial charge in [0.1, 0.15) is 16.7 Å². The quantitative estimate of drug-likeness (QED) is 0.348. The van der Waals surface area contributed by atoms with E-state index in [0.717, 1.165) is 11.3 Å². The molecule has 35 heavy (non-hydrogen) atoms. The molecule has 0 atom stereocenters. The second kappa shape index (κ2) is 10.5. The lowest BCUT2D eigenvalue weighted by Gasteiger charge is -2.13. The van der Waals surface area contributed by atoms with E-state index in [1.54, 1.807) is 43.3 Å². The van der Waals surface area contributed by atoms with E-state index in [1.165, 1.54) is 26.6 Å². The summed E-state index contributed by atoms with van der Waals surface area (Å²) in [6, 6.07) is 10.3. The number of nitrogens with one attached hydrogen (secondary N) is 2. The van der Waals surface area contributed by atoms with Crippen LogP contribution >= 0.6 is 22.9 Å². The highest BCUT2D eigenvalue weighted by atomic mass is 35.5. The van der Waals surface area contributed by atoms with E-state index in [9.17, 15) is 9.59 Å². The Bertz CT molecular complexity index is 1410. The van der Waals surface area contributed by atoms with Gasteiger partial charge < -0.3 is 14.8 Å². The van der Waals surface area contributed by atoms with Gasteiger partial charge in [0.15, 0.2) is 0 Å². The summed E-state index contributed by atoms with van der Waals surface area (Å²) in [5.74, 6) is 0.0904. The second-order valence-electron chi connectivity index (χ2n) is 7.13. The smallest absolute Gasteiger partial charge is 0.286 e. The molecule has 0 radical (unpaired) electrons. The normalized spacial score (nSPS) is 10.5. The lowest BCUT2D eigenvalue weighted by Crippen LogP contribution is -2.14. The molecule has 10 nitrogen and oxygen atoms in total. The molecule has 1 aromatic carbocycles. The minimum atomic E-state index is -0.488. The molecule has 4 rings (SSSR count). The van der Waals surface area contributed by atoms with E-state index in [-0.39, 0.29) is 20.9 Å². The number of hydrogen-bond acceptors (Lipinski definition) is 9. The van der Waals surface area contributed by atoms with Crippen LogP contribution in [0.3, 0.4) is 0 Å². The number of nitrogens with zero attached hydrogens (tertiary/aromatic N) is 4. The van der Waals surface area contributed by atoms with Crippen molar-refractivity contribution in [3.63, 3.8) is 0 Å². The highest BCUT2D eigenvalue weighted by Crippen LogP contribution is 2.34. The van der Waals surface area contributed by atoms with Gasteiger partial charge in [-0.05, 0) is 31.2 Å². The lowest BCUT2D eigenvalue weighted by atomic mass is 10.0. The zero-order valence-electron chi connectivity index (χ0n) is 18.8. The van der Waals surface area contributed by atoms with Crippen molar-refractivity contribution in [2.45, 2.75) is 6.92 Å². The molecule has 3 heterocycles. The molecule has 0 saturated carbocycles. The summed E-state index contributed by atoms with van der Waals surface area (Å²) in [7, 11) is 3.04. The monoisotopic (exact) mass is 510 g/mol. The summed E-state index contributed by atoms with van der Waals surface area (Å²) >= 11 is 7.02. The number of rotatable bonds is 7. The fourth-order valence-corrected chi connectivity index (χ4v) is 3.96. The molecule has 12 heteroatoms. The molecule has 0 aliphatic heterocycles. The van der Waals surface area contributed by atoms with E-state index in [2.05, 4.69) is 30.8 Å². The highest BCUT2D eigenvalue weighted by molar-refractivity contribution is 7.17. The molecular formula is C23H19ClN6O4S. The van der Waals surface area contributed by atoms with Crippen molar-refractivity contribution in [3.8, 4) is 22.6 Å². The molecule has 178 valence electrons. The van der Waals surface area contributed by atoms with Crippen LogP contribution in [0.4, 0.5) is 10.8 Å². The molecule has 0 aliphatic rings. The Morgan fingerprint density at radius 1 is 0.943 bits per heavy atom. The van der Waals surface area contributed by atoms with Gasteiger partial charge in [-0.1, -0.05) is 29.0 Å². The number of aromatic nitrogens is 4. The Labute approximate surface area is 209 Å². The van der Waals surface area contributed by atoms with Crippen molar-refractivity contribution < 1.29 is 19.1 Å². The van der Waals surface area contributed by atoms with Crippen molar-refractivity contribution in [2.75, 3.05) is 24.9 Å². The number of pyridine rings is 2. The third-order valence-corrected chi connectivity index (χ3v) is 5.84. The van der Waals surface area contributed by atoms with E-state index < -0.39 is 11.8 Å². The van der Waals surface area contributed by atoms with Crippen LogP contribution in [0.25, 0.3) is 11.1 Å². The zero-order valence-corrected chi connectivity index (χ0v) is 20.4. The Hall–Kier alpha value is -4.09. The predicted molar refractivity (Wildman–Crippen MR) is 133 cm³/mol. The molecule has 0 aliphatic carbocycles. The number of carbonyl (C=O) groups is 2. The van der Waals surface area contributed by atoms with Crippen LogP contribution in [0.15, 0.2) is 48.8 Å². The fraction of sp³-hybridized carbons (Fsp3) is 0.130. The third-order valence-electron chi connectivity index (χ3n) is 4.80. The average molecular weight is 511 g/mol. The molecule has 0 bridgehead atoms. The summed E-state index contributed by atoms with van der Waals surface area (Å²) in [6.07, 6.45) is 2.93. The summed E-state index contributed by atoms with van der Waals surface area (Å²) in [5.41, 5.74) is 2.62. The number of anilines is 2. The van der Waals surface area contributed by atoms with Crippen LogP contribution in [0, 0.1) is 6.92 Å². The van der Waals surface area contributed by atoms with Crippen LogP contribution in [0.1, 0.15) is 25.9 Å². The largest absolute Gasteiger partial charge is 0.497 e.